The molecular formula is C37H36F2N8O2. The minimum absolute atomic E-state index is 0.189. The van der Waals surface area contributed by atoms with Crippen molar-refractivity contribution in [3.8, 4) is 0 Å². The minimum Gasteiger partial charge on any atom is -0.379 e. The van der Waals surface area contributed by atoms with E-state index in [1.807, 2.05) is 47.1 Å². The molecule has 1 aliphatic heterocycles. The molecule has 3 aromatic heterocycles. The number of rotatable bonds is 12. The summed E-state index contributed by atoms with van der Waals surface area (Å²) in [5.41, 5.74) is 3.32. The number of allylic oxidation sites excluding steroid dienone is 1. The van der Waals surface area contributed by atoms with Crippen molar-refractivity contribution in [1.29, 1.82) is 0 Å². The van der Waals surface area contributed by atoms with Crippen LogP contribution in [0.3, 0.4) is 0 Å². The quantitative estimate of drug-likeness (QED) is 0.107. The van der Waals surface area contributed by atoms with Gasteiger partial charge in [0.25, 0.3) is 5.92 Å². The number of aromatic nitrogens is 5. The Bertz CT molecular complexity index is 2110. The number of hydrogen-bond donors (Lipinski definition) is 2. The number of nitrogens with zero attached hydrogens (tertiary/aromatic N) is 6. The molecule has 250 valence electrons. The van der Waals surface area contributed by atoms with Crippen LogP contribution in [0.15, 0.2) is 97.6 Å². The third kappa shape index (κ3) is 7.87. The molecule has 0 radical (unpaired) electrons. The maximum Gasteiger partial charge on any atom is 0.266 e. The van der Waals surface area contributed by atoms with Crippen LogP contribution in [-0.2, 0) is 16.1 Å². The first-order valence-electron chi connectivity index (χ1n) is 16.4. The predicted octanol–water partition coefficient (Wildman–Crippen LogP) is 6.95. The Morgan fingerprint density at radius 1 is 0.898 bits per heavy atom. The van der Waals surface area contributed by atoms with Crippen molar-refractivity contribution in [3.05, 3.63) is 103 Å². The van der Waals surface area contributed by atoms with Crippen molar-refractivity contribution >= 4 is 55.8 Å². The summed E-state index contributed by atoms with van der Waals surface area (Å²) in [6.45, 7) is 4.44. The summed E-state index contributed by atoms with van der Waals surface area (Å²) in [5, 5.41) is 14.6. The number of nitrogens with one attached hydrogen (secondary N) is 2. The molecule has 6 aromatic rings. The average Bonchev–Trinajstić information content (AvgIpc) is 3.53. The molecule has 1 amide bonds. The smallest absolute Gasteiger partial charge is 0.266 e. The van der Waals surface area contributed by atoms with Crippen molar-refractivity contribution in [2.24, 2.45) is 0 Å². The SMILES string of the molecule is O=C(C=CC(F)(F)CCCCN1CCOCC1)Nc1cc2c(Nc3cc4nn(Cc5ccccc5)cc4c4ccccc34)ncnc2cn1. The van der Waals surface area contributed by atoms with E-state index in [0.29, 0.717) is 55.4 Å². The monoisotopic (exact) mass is 662 g/mol. The third-order valence-corrected chi connectivity index (χ3v) is 8.61. The van der Waals surface area contributed by atoms with Gasteiger partial charge in [-0.2, -0.15) is 5.10 Å². The second-order valence-electron chi connectivity index (χ2n) is 12.1. The molecule has 3 aromatic carbocycles. The Kier molecular flexibility index (Phi) is 9.49. The lowest BCUT2D eigenvalue weighted by Crippen LogP contribution is -2.36. The number of alkyl halides is 2. The van der Waals surface area contributed by atoms with Gasteiger partial charge in [-0.05, 0) is 48.5 Å². The Morgan fingerprint density at radius 2 is 1.69 bits per heavy atom. The highest BCUT2D eigenvalue weighted by Crippen LogP contribution is 2.34. The average molecular weight is 663 g/mol. The van der Waals surface area contributed by atoms with Gasteiger partial charge in [0.2, 0.25) is 5.91 Å². The van der Waals surface area contributed by atoms with Crippen LogP contribution in [0.2, 0.25) is 0 Å². The van der Waals surface area contributed by atoms with Gasteiger partial charge in [-0.1, -0.05) is 54.6 Å². The molecule has 0 unspecified atom stereocenters. The van der Waals surface area contributed by atoms with Crippen LogP contribution in [0.1, 0.15) is 24.8 Å². The van der Waals surface area contributed by atoms with Gasteiger partial charge in [0.1, 0.15) is 18.0 Å². The summed E-state index contributed by atoms with van der Waals surface area (Å²) in [4.78, 5) is 28.0. The highest BCUT2D eigenvalue weighted by atomic mass is 19.3. The summed E-state index contributed by atoms with van der Waals surface area (Å²) in [6.07, 6.45) is 7.24. The van der Waals surface area contributed by atoms with Crippen LogP contribution in [0.4, 0.5) is 26.1 Å². The number of amides is 1. The molecule has 0 atom stereocenters. The molecule has 0 aliphatic carbocycles. The summed E-state index contributed by atoms with van der Waals surface area (Å²) in [6, 6.07) is 21.9. The first-order valence-corrected chi connectivity index (χ1v) is 16.4. The molecule has 0 bridgehead atoms. The van der Waals surface area contributed by atoms with E-state index in [1.165, 1.54) is 12.5 Å². The molecule has 1 aliphatic rings. The standard InChI is InChI=1S/C37H36F2N8O2/c38-37(39,13-6-7-15-46-16-18-49-19-17-46)14-12-35(48)44-34-20-29-33(22-40-34)41-25-42-36(29)43-31-21-32-30(27-10-4-5-11-28(27)31)24-47(45-32)23-26-8-2-1-3-9-26/h1-5,8-12,14,20-22,24-25H,6-7,13,15-19,23H2,(H,40,44,48)(H,41,42,43). The normalized spacial score (nSPS) is 14.2. The van der Waals surface area contributed by atoms with Crippen LogP contribution >= 0.6 is 0 Å². The molecule has 0 spiro atoms. The first kappa shape index (κ1) is 32.2. The van der Waals surface area contributed by atoms with Crippen LogP contribution in [0.25, 0.3) is 32.6 Å². The fraction of sp³-hybridized carbons (Fsp3) is 0.270. The van der Waals surface area contributed by atoms with Crippen LogP contribution in [0, 0.1) is 0 Å². The van der Waals surface area contributed by atoms with E-state index in [2.05, 4.69) is 54.9 Å². The van der Waals surface area contributed by atoms with Crippen LogP contribution in [0.5, 0.6) is 0 Å². The van der Waals surface area contributed by atoms with E-state index in [9.17, 15) is 13.6 Å². The lowest BCUT2D eigenvalue weighted by molar-refractivity contribution is -0.112. The maximum atomic E-state index is 14.5. The van der Waals surface area contributed by atoms with Crippen LogP contribution in [-0.4, -0.2) is 74.3 Å². The number of unbranched alkanes of at least 4 members (excludes halogenated alkanes) is 1. The Labute approximate surface area is 281 Å². The zero-order valence-corrected chi connectivity index (χ0v) is 26.9. The predicted molar refractivity (Wildman–Crippen MR) is 187 cm³/mol. The maximum absolute atomic E-state index is 14.5. The Morgan fingerprint density at radius 3 is 2.53 bits per heavy atom. The Balaban J connectivity index is 1.06. The number of carbonyl (C=O) groups excluding carboxylic acids is 1. The van der Waals surface area contributed by atoms with Gasteiger partial charge >= 0.3 is 0 Å². The molecular weight excluding hydrogens is 626 g/mol. The highest BCUT2D eigenvalue weighted by Gasteiger charge is 2.25. The van der Waals surface area contributed by atoms with E-state index in [0.717, 1.165) is 58.6 Å². The summed E-state index contributed by atoms with van der Waals surface area (Å²) >= 11 is 0. The molecule has 1 fully saturated rings. The first-order chi connectivity index (χ1) is 23.9. The zero-order valence-electron chi connectivity index (χ0n) is 26.9. The van der Waals surface area contributed by atoms with E-state index in [4.69, 9.17) is 9.84 Å². The summed E-state index contributed by atoms with van der Waals surface area (Å²) in [5.74, 6) is -3.11. The number of carbonyl (C=O) groups is 1. The van der Waals surface area contributed by atoms with E-state index < -0.39 is 11.8 Å². The molecule has 2 N–H and O–H groups in total. The van der Waals surface area contributed by atoms with E-state index >= 15 is 0 Å². The second-order valence-corrected chi connectivity index (χ2v) is 12.1. The third-order valence-electron chi connectivity index (χ3n) is 8.61. The van der Waals surface area contributed by atoms with Gasteiger partial charge in [-0.15, -0.1) is 0 Å². The number of halogens is 2. The highest BCUT2D eigenvalue weighted by molar-refractivity contribution is 6.13. The fourth-order valence-corrected chi connectivity index (χ4v) is 6.10. The van der Waals surface area contributed by atoms with Gasteiger partial charge in [-0.25, -0.2) is 23.7 Å². The van der Waals surface area contributed by atoms with Crippen molar-refractivity contribution < 1.29 is 18.3 Å². The molecule has 4 heterocycles. The molecule has 0 saturated carbocycles. The van der Waals surface area contributed by atoms with Crippen molar-refractivity contribution in [2.45, 2.75) is 31.7 Å². The number of pyridine rings is 1. The number of ether oxygens (including phenoxy) is 1. The van der Waals surface area contributed by atoms with Gasteiger partial charge in [0.05, 0.1) is 37.0 Å². The molecule has 49 heavy (non-hydrogen) atoms. The van der Waals surface area contributed by atoms with Crippen molar-refractivity contribution in [2.75, 3.05) is 43.5 Å². The molecule has 10 nitrogen and oxygen atoms in total. The van der Waals surface area contributed by atoms with E-state index in [1.54, 1.807) is 6.07 Å². The lowest BCUT2D eigenvalue weighted by Gasteiger charge is -2.26. The summed E-state index contributed by atoms with van der Waals surface area (Å²) in [7, 11) is 0. The van der Waals surface area contributed by atoms with Crippen molar-refractivity contribution in [1.82, 2.24) is 29.6 Å². The number of morpholine rings is 1. The number of fused-ring (bicyclic) bond motifs is 4. The van der Waals surface area contributed by atoms with E-state index in [-0.39, 0.29) is 12.2 Å². The molecule has 12 heteroatoms. The largest absolute Gasteiger partial charge is 0.379 e. The second kappa shape index (κ2) is 14.4. The van der Waals surface area contributed by atoms with Gasteiger partial charge in [0.15, 0.2) is 0 Å². The Hall–Kier alpha value is -5.33. The van der Waals surface area contributed by atoms with Gasteiger partial charge < -0.3 is 15.4 Å². The summed E-state index contributed by atoms with van der Waals surface area (Å²) < 4.78 is 36.3. The number of hydrogen-bond acceptors (Lipinski definition) is 8. The van der Waals surface area contributed by atoms with Crippen molar-refractivity contribution in [3.63, 3.8) is 0 Å². The minimum atomic E-state index is -3.09. The number of benzene rings is 3. The topological polar surface area (TPSA) is 110 Å². The fourth-order valence-electron chi connectivity index (χ4n) is 6.10. The van der Waals surface area contributed by atoms with Gasteiger partial charge in [-0.3, -0.25) is 14.4 Å². The van der Waals surface area contributed by atoms with Crippen LogP contribution < -0.4 is 10.6 Å². The lowest BCUT2D eigenvalue weighted by atomic mass is 10.0. The zero-order chi connectivity index (χ0) is 33.6. The van der Waals surface area contributed by atoms with Gasteiger partial charge in [0, 0.05) is 53.6 Å². The molecule has 1 saturated heterocycles. The molecule has 7 rings (SSSR count). The number of anilines is 3.